The Labute approximate surface area is 109 Å². The minimum Gasteiger partial charge on any atom is -0.388 e. The van der Waals surface area contributed by atoms with Gasteiger partial charge in [-0.2, -0.15) is 5.10 Å². The van der Waals surface area contributed by atoms with E-state index in [1.54, 1.807) is 10.9 Å². The number of nitrogens with zero attached hydrogens (tertiary/aromatic N) is 4. The first-order chi connectivity index (χ1) is 8.00. The number of thiocarbonyl (C=S) groups is 1. The Morgan fingerprint density at radius 3 is 2.47 bits per heavy atom. The van der Waals surface area contributed by atoms with Crippen LogP contribution in [0, 0.1) is 13.8 Å². The fraction of sp³-hybridized carbons (Fsp3) is 0.200. The number of halogens is 1. The number of rotatable bonds is 2. The predicted molar refractivity (Wildman–Crippen MR) is 69.5 cm³/mol. The summed E-state index contributed by atoms with van der Waals surface area (Å²) >= 11 is 10.9. The van der Waals surface area contributed by atoms with Gasteiger partial charge >= 0.3 is 0 Å². The van der Waals surface area contributed by atoms with Crippen molar-refractivity contribution in [3.8, 4) is 5.82 Å². The average Bonchev–Trinajstić information content (AvgIpc) is 2.57. The van der Waals surface area contributed by atoms with Crippen LogP contribution in [0.2, 0.25) is 5.02 Å². The number of aryl methyl sites for hydroxylation is 1. The molecule has 0 aliphatic rings. The van der Waals surface area contributed by atoms with E-state index in [0.717, 1.165) is 11.4 Å². The van der Waals surface area contributed by atoms with Crippen molar-refractivity contribution in [3.63, 3.8) is 0 Å². The summed E-state index contributed by atoms with van der Waals surface area (Å²) in [6, 6.07) is 0. The monoisotopic (exact) mass is 267 g/mol. The lowest BCUT2D eigenvalue weighted by Crippen LogP contribution is -2.13. The van der Waals surface area contributed by atoms with Crippen LogP contribution in [-0.2, 0) is 0 Å². The van der Waals surface area contributed by atoms with Crippen LogP contribution < -0.4 is 5.73 Å². The highest BCUT2D eigenvalue weighted by molar-refractivity contribution is 7.80. The number of nitrogens with two attached hydrogens (primary N) is 1. The van der Waals surface area contributed by atoms with E-state index in [2.05, 4.69) is 15.1 Å². The molecular formula is C10H10ClN5S. The topological polar surface area (TPSA) is 69.6 Å². The van der Waals surface area contributed by atoms with Crippen LogP contribution in [0.3, 0.4) is 0 Å². The molecular weight excluding hydrogens is 258 g/mol. The van der Waals surface area contributed by atoms with E-state index in [1.807, 2.05) is 13.8 Å². The predicted octanol–water partition coefficient (Wildman–Crippen LogP) is 1.57. The molecule has 0 radical (unpaired) electrons. The fourth-order valence-electron chi connectivity index (χ4n) is 1.40. The van der Waals surface area contributed by atoms with Crippen molar-refractivity contribution in [1.29, 1.82) is 0 Å². The molecule has 0 saturated carbocycles. The van der Waals surface area contributed by atoms with Crippen molar-refractivity contribution in [2.45, 2.75) is 13.8 Å². The van der Waals surface area contributed by atoms with Crippen LogP contribution in [0.15, 0.2) is 12.4 Å². The van der Waals surface area contributed by atoms with Gasteiger partial charge in [-0.05, 0) is 13.8 Å². The zero-order valence-electron chi connectivity index (χ0n) is 9.31. The van der Waals surface area contributed by atoms with Crippen molar-refractivity contribution >= 4 is 28.8 Å². The third kappa shape index (κ3) is 2.13. The van der Waals surface area contributed by atoms with Gasteiger partial charge in [-0.1, -0.05) is 23.8 Å². The molecule has 0 amide bonds. The summed E-state index contributed by atoms with van der Waals surface area (Å²) in [5.41, 5.74) is 7.50. The molecule has 0 saturated heterocycles. The Bertz CT molecular complexity index is 575. The van der Waals surface area contributed by atoms with Crippen molar-refractivity contribution in [1.82, 2.24) is 19.7 Å². The highest BCUT2D eigenvalue weighted by Crippen LogP contribution is 2.20. The van der Waals surface area contributed by atoms with Gasteiger partial charge in [0.2, 0.25) is 0 Å². The molecule has 0 aliphatic carbocycles. The first-order valence-corrected chi connectivity index (χ1v) is 5.63. The van der Waals surface area contributed by atoms with Gasteiger partial charge in [-0.3, -0.25) is 0 Å². The third-order valence-corrected chi connectivity index (χ3v) is 3.07. The molecule has 17 heavy (non-hydrogen) atoms. The quantitative estimate of drug-likeness (QED) is 0.837. The second-order valence-corrected chi connectivity index (χ2v) is 4.34. The van der Waals surface area contributed by atoms with Crippen LogP contribution in [0.5, 0.6) is 0 Å². The fourth-order valence-corrected chi connectivity index (χ4v) is 1.63. The third-order valence-electron chi connectivity index (χ3n) is 2.31. The van der Waals surface area contributed by atoms with Gasteiger partial charge in [0.05, 0.1) is 28.8 Å². The van der Waals surface area contributed by atoms with Gasteiger partial charge in [0.1, 0.15) is 10.7 Å². The molecule has 88 valence electrons. The molecule has 0 atom stereocenters. The highest BCUT2D eigenvalue weighted by atomic mass is 35.5. The molecule has 0 bridgehead atoms. The standard InChI is InChI=1S/C10H10ClN5S/c1-5-9(11)6(2)16(15-5)8-4-13-7(3-14-8)10(12)17/h3-4H,1-2H3,(H2,12,17). The van der Waals surface area contributed by atoms with Crippen LogP contribution >= 0.6 is 23.8 Å². The van der Waals surface area contributed by atoms with Crippen molar-refractivity contribution in [2.24, 2.45) is 5.73 Å². The number of aromatic nitrogens is 4. The van der Waals surface area contributed by atoms with Gasteiger partial charge in [-0.15, -0.1) is 0 Å². The number of hydrogen-bond donors (Lipinski definition) is 1. The zero-order chi connectivity index (χ0) is 12.6. The van der Waals surface area contributed by atoms with E-state index in [9.17, 15) is 0 Å². The summed E-state index contributed by atoms with van der Waals surface area (Å²) in [6.45, 7) is 3.70. The van der Waals surface area contributed by atoms with Crippen molar-refractivity contribution in [2.75, 3.05) is 0 Å². The van der Waals surface area contributed by atoms with E-state index < -0.39 is 0 Å². The summed E-state index contributed by atoms with van der Waals surface area (Å²) in [4.78, 5) is 8.52. The molecule has 2 N–H and O–H groups in total. The summed E-state index contributed by atoms with van der Waals surface area (Å²) in [7, 11) is 0. The van der Waals surface area contributed by atoms with Gasteiger partial charge in [-0.25, -0.2) is 14.6 Å². The van der Waals surface area contributed by atoms with Crippen LogP contribution in [-0.4, -0.2) is 24.7 Å². The van der Waals surface area contributed by atoms with E-state index in [4.69, 9.17) is 29.6 Å². The lowest BCUT2D eigenvalue weighted by atomic mass is 10.4. The maximum Gasteiger partial charge on any atom is 0.172 e. The molecule has 0 fully saturated rings. The first kappa shape index (κ1) is 11.9. The average molecular weight is 268 g/mol. The largest absolute Gasteiger partial charge is 0.388 e. The summed E-state index contributed by atoms with van der Waals surface area (Å²) in [5.74, 6) is 0.581. The maximum absolute atomic E-state index is 6.06. The Balaban J connectivity index is 2.47. The van der Waals surface area contributed by atoms with Gasteiger partial charge in [0, 0.05) is 0 Å². The van der Waals surface area contributed by atoms with Gasteiger partial charge in [0.15, 0.2) is 5.82 Å². The minimum absolute atomic E-state index is 0.218. The van der Waals surface area contributed by atoms with Gasteiger partial charge < -0.3 is 5.73 Å². The molecule has 0 spiro atoms. The van der Waals surface area contributed by atoms with Crippen LogP contribution in [0.4, 0.5) is 0 Å². The van der Waals surface area contributed by atoms with Crippen molar-refractivity contribution < 1.29 is 0 Å². The minimum atomic E-state index is 0.218. The van der Waals surface area contributed by atoms with E-state index >= 15 is 0 Å². The molecule has 2 rings (SSSR count). The smallest absolute Gasteiger partial charge is 0.172 e. The Morgan fingerprint density at radius 2 is 2.06 bits per heavy atom. The molecule has 0 aromatic carbocycles. The van der Waals surface area contributed by atoms with E-state index in [1.165, 1.54) is 6.20 Å². The first-order valence-electron chi connectivity index (χ1n) is 4.84. The normalized spacial score (nSPS) is 10.5. The molecule has 5 nitrogen and oxygen atoms in total. The van der Waals surface area contributed by atoms with E-state index in [-0.39, 0.29) is 4.99 Å². The molecule has 2 heterocycles. The zero-order valence-corrected chi connectivity index (χ0v) is 10.9. The van der Waals surface area contributed by atoms with Gasteiger partial charge in [0.25, 0.3) is 0 Å². The molecule has 0 unspecified atom stereocenters. The molecule has 7 heteroatoms. The molecule has 2 aromatic rings. The highest BCUT2D eigenvalue weighted by Gasteiger charge is 2.11. The second-order valence-electron chi connectivity index (χ2n) is 3.52. The lowest BCUT2D eigenvalue weighted by molar-refractivity contribution is 0.798. The number of hydrogen-bond acceptors (Lipinski definition) is 4. The second kappa shape index (κ2) is 4.38. The SMILES string of the molecule is Cc1nn(-c2cnc(C(N)=S)cn2)c(C)c1Cl. The summed E-state index contributed by atoms with van der Waals surface area (Å²) < 4.78 is 1.63. The van der Waals surface area contributed by atoms with Crippen LogP contribution in [0.1, 0.15) is 17.1 Å². The van der Waals surface area contributed by atoms with E-state index in [0.29, 0.717) is 16.5 Å². The maximum atomic E-state index is 6.06. The Kier molecular flexibility index (Phi) is 3.08. The molecule has 0 aliphatic heterocycles. The summed E-state index contributed by atoms with van der Waals surface area (Å²) in [5, 5.41) is 4.90. The molecule has 2 aromatic heterocycles. The van der Waals surface area contributed by atoms with Crippen molar-refractivity contribution in [3.05, 3.63) is 34.5 Å². The summed E-state index contributed by atoms with van der Waals surface area (Å²) in [6.07, 6.45) is 3.08. The van der Waals surface area contributed by atoms with Crippen LogP contribution in [0.25, 0.3) is 5.82 Å². The Morgan fingerprint density at radius 1 is 1.35 bits per heavy atom. The lowest BCUT2D eigenvalue weighted by Gasteiger charge is -2.03. The Hall–Kier alpha value is -1.53.